The highest BCUT2D eigenvalue weighted by atomic mass is 32.2. The van der Waals surface area contributed by atoms with Gasteiger partial charge < -0.3 is 9.84 Å². The average Bonchev–Trinajstić information content (AvgIpc) is 3.29. The molecule has 0 bridgehead atoms. The smallest absolute Gasteiger partial charge is 0.163 e. The molecule has 0 radical (unpaired) electrons. The predicted octanol–water partition coefficient (Wildman–Crippen LogP) is 10.1. The molecule has 0 amide bonds. The van der Waals surface area contributed by atoms with Crippen molar-refractivity contribution in [3.05, 3.63) is 60.2 Å². The summed E-state index contributed by atoms with van der Waals surface area (Å²) in [6, 6.07) is 17.0. The fourth-order valence-corrected chi connectivity index (χ4v) is 7.64. The number of fused-ring (bicyclic) bond motifs is 2. The molecular weight excluding hydrogens is 460 g/mol. The number of hydrogen-bond donors (Lipinski definition) is 1. The number of allylic oxidation sites excluding steroid dienone is 2. The van der Waals surface area contributed by atoms with E-state index in [4.69, 9.17) is 4.74 Å². The number of hydrogen-bond acceptors (Lipinski definition) is 3. The maximum Gasteiger partial charge on any atom is 0.163 e. The van der Waals surface area contributed by atoms with Gasteiger partial charge in [0.1, 0.15) is 11.5 Å². The van der Waals surface area contributed by atoms with E-state index in [0.29, 0.717) is 23.0 Å². The van der Waals surface area contributed by atoms with Crippen LogP contribution in [0.1, 0.15) is 79.2 Å². The molecule has 2 aliphatic rings. The van der Waals surface area contributed by atoms with Crippen LogP contribution in [0, 0.1) is 17.3 Å². The summed E-state index contributed by atoms with van der Waals surface area (Å²) in [5.41, 5.74) is 5.62. The molecule has 0 atom stereocenters. The van der Waals surface area contributed by atoms with E-state index < -0.39 is 0 Å². The monoisotopic (exact) mass is 500 g/mol. The standard InChI is InChI=1S/C33H40O2S/c1-7-32(8-2)17-15-23(16-18-32)24-11-9-10-12-25(24)26-13-14-29(34)28-20-31-30(19-27(26)28)35-33(36-31,21(3)4)22(5)6/h9-15,19-22,34H,7-8,16-18H2,1-6H3. The summed E-state index contributed by atoms with van der Waals surface area (Å²) in [6.07, 6.45) is 8.51. The Morgan fingerprint density at radius 1 is 0.889 bits per heavy atom. The normalized spacial score (nSPS) is 18.4. The van der Waals surface area contributed by atoms with Crippen molar-refractivity contribution >= 4 is 28.1 Å². The van der Waals surface area contributed by atoms with Gasteiger partial charge in [0.15, 0.2) is 4.93 Å². The van der Waals surface area contributed by atoms with Gasteiger partial charge in [-0.15, -0.1) is 0 Å². The van der Waals surface area contributed by atoms with Gasteiger partial charge in [0.2, 0.25) is 0 Å². The van der Waals surface area contributed by atoms with Gasteiger partial charge in [-0.25, -0.2) is 0 Å². The number of phenolic OH excluding ortho intramolecular Hbond substituents is 1. The van der Waals surface area contributed by atoms with E-state index in [-0.39, 0.29) is 4.93 Å². The van der Waals surface area contributed by atoms with Crippen LogP contribution in [-0.4, -0.2) is 10.0 Å². The molecule has 3 aromatic carbocycles. The van der Waals surface area contributed by atoms with E-state index in [1.165, 1.54) is 36.0 Å². The summed E-state index contributed by atoms with van der Waals surface area (Å²) in [5.74, 6) is 1.99. The minimum Gasteiger partial charge on any atom is -0.507 e. The Morgan fingerprint density at radius 3 is 2.19 bits per heavy atom. The van der Waals surface area contributed by atoms with Gasteiger partial charge in [-0.05, 0) is 70.5 Å². The number of benzene rings is 3. The summed E-state index contributed by atoms with van der Waals surface area (Å²) in [7, 11) is 0. The van der Waals surface area contributed by atoms with Gasteiger partial charge in [0, 0.05) is 17.2 Å². The SMILES string of the molecule is CCC1(CC)CC=C(c2ccccc2-c2ccc(O)c3cc4c(cc23)OC(C(C)C)(C(C)C)S4)CC1. The number of ether oxygens (including phenoxy) is 1. The van der Waals surface area contributed by atoms with E-state index in [9.17, 15) is 5.11 Å². The molecule has 0 saturated carbocycles. The minimum atomic E-state index is -0.286. The molecule has 1 aliphatic carbocycles. The average molecular weight is 501 g/mol. The summed E-state index contributed by atoms with van der Waals surface area (Å²) >= 11 is 1.81. The van der Waals surface area contributed by atoms with Crippen LogP contribution < -0.4 is 4.74 Å². The van der Waals surface area contributed by atoms with E-state index in [1.54, 1.807) is 0 Å². The highest BCUT2D eigenvalue weighted by Crippen LogP contribution is 2.56. The van der Waals surface area contributed by atoms with Gasteiger partial charge in [0.25, 0.3) is 0 Å². The largest absolute Gasteiger partial charge is 0.507 e. The highest BCUT2D eigenvalue weighted by Gasteiger charge is 2.46. The fraction of sp³-hybridized carbons (Fsp3) is 0.455. The van der Waals surface area contributed by atoms with Crippen molar-refractivity contribution in [2.45, 2.75) is 83.5 Å². The van der Waals surface area contributed by atoms with Gasteiger partial charge in [-0.3, -0.25) is 0 Å². The van der Waals surface area contributed by atoms with Crippen LogP contribution in [0.25, 0.3) is 27.5 Å². The van der Waals surface area contributed by atoms with E-state index in [2.05, 4.69) is 90.1 Å². The van der Waals surface area contributed by atoms with E-state index in [1.807, 2.05) is 17.8 Å². The van der Waals surface area contributed by atoms with Crippen molar-refractivity contribution in [2.24, 2.45) is 17.3 Å². The van der Waals surface area contributed by atoms with Crippen LogP contribution in [0.15, 0.2) is 59.5 Å². The molecule has 0 spiro atoms. The number of aromatic hydroxyl groups is 1. The Kier molecular flexibility index (Phi) is 6.66. The Morgan fingerprint density at radius 2 is 1.58 bits per heavy atom. The van der Waals surface area contributed by atoms with Gasteiger partial charge >= 0.3 is 0 Å². The molecule has 0 fully saturated rings. The summed E-state index contributed by atoms with van der Waals surface area (Å²) in [6.45, 7) is 13.6. The molecule has 1 heterocycles. The molecule has 1 N–H and O–H groups in total. The topological polar surface area (TPSA) is 29.5 Å². The van der Waals surface area contributed by atoms with Gasteiger partial charge in [0.05, 0.1) is 4.90 Å². The molecule has 0 aromatic heterocycles. The lowest BCUT2D eigenvalue weighted by Gasteiger charge is -2.35. The zero-order valence-electron chi connectivity index (χ0n) is 22.7. The van der Waals surface area contributed by atoms with Crippen molar-refractivity contribution in [3.8, 4) is 22.6 Å². The molecule has 5 rings (SSSR count). The predicted molar refractivity (Wildman–Crippen MR) is 155 cm³/mol. The second-order valence-electron chi connectivity index (χ2n) is 11.4. The third kappa shape index (κ3) is 4.04. The Balaban J connectivity index is 1.63. The summed E-state index contributed by atoms with van der Waals surface area (Å²) in [4.78, 5) is 0.835. The third-order valence-electron chi connectivity index (χ3n) is 8.98. The van der Waals surface area contributed by atoms with Crippen molar-refractivity contribution in [2.75, 3.05) is 0 Å². The maximum atomic E-state index is 10.9. The second-order valence-corrected chi connectivity index (χ2v) is 12.7. The molecule has 0 saturated heterocycles. The zero-order valence-corrected chi connectivity index (χ0v) is 23.5. The first-order valence-corrected chi connectivity index (χ1v) is 14.5. The molecule has 2 nitrogen and oxygen atoms in total. The third-order valence-corrected chi connectivity index (χ3v) is 10.9. The lowest BCUT2D eigenvalue weighted by molar-refractivity contribution is 0.0757. The molecular formula is C33H40O2S. The van der Waals surface area contributed by atoms with Crippen LogP contribution in [0.2, 0.25) is 0 Å². The molecule has 190 valence electrons. The quantitative estimate of drug-likeness (QED) is 0.365. The first-order chi connectivity index (χ1) is 17.2. The Bertz CT molecular complexity index is 1300. The summed E-state index contributed by atoms with van der Waals surface area (Å²) < 4.78 is 6.72. The number of phenols is 1. The van der Waals surface area contributed by atoms with Crippen LogP contribution in [0.3, 0.4) is 0 Å². The van der Waals surface area contributed by atoms with Crippen LogP contribution >= 0.6 is 11.8 Å². The number of thioether (sulfide) groups is 1. The van der Waals surface area contributed by atoms with E-state index >= 15 is 0 Å². The van der Waals surface area contributed by atoms with Crippen molar-refractivity contribution in [3.63, 3.8) is 0 Å². The lowest BCUT2D eigenvalue weighted by Crippen LogP contribution is -2.40. The van der Waals surface area contributed by atoms with Crippen LogP contribution in [0.4, 0.5) is 0 Å². The number of rotatable bonds is 6. The highest BCUT2D eigenvalue weighted by molar-refractivity contribution is 8.01. The second kappa shape index (κ2) is 9.49. The minimum absolute atomic E-state index is 0.286. The van der Waals surface area contributed by atoms with Crippen LogP contribution in [-0.2, 0) is 0 Å². The maximum absolute atomic E-state index is 10.9. The Labute approximate surface area is 221 Å². The molecule has 3 aromatic rings. The summed E-state index contributed by atoms with van der Waals surface area (Å²) in [5, 5.41) is 12.8. The Hall–Kier alpha value is -2.39. The molecule has 0 unspecified atom stereocenters. The molecule has 3 heteroatoms. The first-order valence-electron chi connectivity index (χ1n) is 13.7. The zero-order chi connectivity index (χ0) is 25.7. The fourth-order valence-electron chi connectivity index (χ4n) is 6.31. The van der Waals surface area contributed by atoms with Gasteiger partial charge in [-0.1, -0.05) is 103 Å². The van der Waals surface area contributed by atoms with Crippen LogP contribution in [0.5, 0.6) is 11.5 Å². The molecule has 36 heavy (non-hydrogen) atoms. The lowest BCUT2D eigenvalue weighted by atomic mass is 9.70. The van der Waals surface area contributed by atoms with Crippen molar-refractivity contribution in [1.29, 1.82) is 0 Å². The van der Waals surface area contributed by atoms with Crippen molar-refractivity contribution < 1.29 is 9.84 Å². The first kappa shape index (κ1) is 25.3. The molecule has 1 aliphatic heterocycles. The van der Waals surface area contributed by atoms with Crippen molar-refractivity contribution in [1.82, 2.24) is 0 Å². The van der Waals surface area contributed by atoms with E-state index in [0.717, 1.165) is 39.8 Å². The van der Waals surface area contributed by atoms with Gasteiger partial charge in [-0.2, -0.15) is 0 Å².